The van der Waals surface area contributed by atoms with Gasteiger partial charge in [0.05, 0.1) is 0 Å². The Hall–Kier alpha value is 2.67. The van der Waals surface area contributed by atoms with Crippen LogP contribution in [0.25, 0.3) is 0 Å². The average Bonchev–Trinajstić information content (AvgIpc) is 1.96. The fourth-order valence-electron chi connectivity index (χ4n) is 0. The monoisotopic (exact) mass is 433 g/mol. The normalized spacial score (nSPS) is 7.27. The molecule has 0 spiro atoms. The molecule has 0 fully saturated rings. The molecule has 0 unspecified atom stereocenters. The van der Waals surface area contributed by atoms with Crippen LogP contribution in [0.2, 0.25) is 0 Å². The maximum atomic E-state index is 8.61. The van der Waals surface area contributed by atoms with Crippen molar-refractivity contribution in [3.8, 4) is 0 Å². The van der Waals surface area contributed by atoms with Gasteiger partial charge in [0, 0.05) is 0 Å². The van der Waals surface area contributed by atoms with E-state index < -0.39 is 14.5 Å². The molecule has 0 heterocycles. The van der Waals surface area contributed by atoms with E-state index in [9.17, 15) is 0 Å². The van der Waals surface area contributed by atoms with E-state index in [1.165, 1.54) is 0 Å². The molecular weight excluding hydrogens is 436 g/mol. The van der Waals surface area contributed by atoms with Crippen molar-refractivity contribution in [1.29, 1.82) is 0 Å². The molecule has 11 heteroatoms. The van der Waals surface area contributed by atoms with Gasteiger partial charge in [-0.2, -0.15) is 0 Å². The maximum absolute atomic E-state index is 8.61. The molecule has 0 saturated heterocycles. The van der Waals surface area contributed by atoms with Crippen molar-refractivity contribution in [2.45, 2.75) is 0 Å². The van der Waals surface area contributed by atoms with Crippen LogP contribution in [0.3, 0.4) is 0 Å². The fraction of sp³-hybridized carbons (Fsp3) is 0. The van der Waals surface area contributed by atoms with Gasteiger partial charge in [0.15, 0.2) is 0 Å². The minimum absolute atomic E-state index is 3.66. The predicted molar refractivity (Wildman–Crippen MR) is 24.0 cm³/mol. The van der Waals surface area contributed by atoms with Crippen molar-refractivity contribution in [2.24, 2.45) is 0 Å². The third-order valence-electron chi connectivity index (χ3n) is 0. The third-order valence-corrected chi connectivity index (χ3v) is 0. The Morgan fingerprint density at radius 3 is 0.818 bits per heavy atom. The summed E-state index contributed by atoms with van der Waals surface area (Å²) in [6, 6.07) is 0. The van der Waals surface area contributed by atoms with Crippen LogP contribution in [0.15, 0.2) is 0 Å². The first kappa shape index (κ1) is 23.5. The molecule has 0 aromatic heterocycles. The Labute approximate surface area is 105 Å². The summed E-state index contributed by atoms with van der Waals surface area (Å²) in [5.74, 6) is 0. The van der Waals surface area contributed by atoms with Gasteiger partial charge in [-0.25, -0.2) is 0 Å². The van der Waals surface area contributed by atoms with E-state index in [0.717, 1.165) is 0 Å². The van der Waals surface area contributed by atoms with E-state index >= 15 is 0 Å². The Morgan fingerprint density at radius 2 is 0.818 bits per heavy atom. The number of hydrogen-bond acceptors (Lipinski definition) is 4. The van der Waals surface area contributed by atoms with Gasteiger partial charge in [-0.05, 0) is 0 Å². The molecule has 0 atom stereocenters. The first-order chi connectivity index (χ1) is 5.00. The first-order valence-electron chi connectivity index (χ1n) is 1.07. The molecule has 0 aromatic carbocycles. The molecule has 0 bridgehead atoms. The molecule has 0 aliphatic heterocycles. The van der Waals surface area contributed by atoms with Crippen LogP contribution in [-0.4, -0.2) is 14.5 Å². The summed E-state index contributed by atoms with van der Waals surface area (Å²) in [6.45, 7) is 0. The molecule has 0 rings (SSSR count). The molecule has 0 radical (unpaired) electrons. The van der Waals surface area contributed by atoms with Crippen LogP contribution in [0.1, 0.15) is 0 Å². The van der Waals surface area contributed by atoms with E-state index in [0.29, 0.717) is 0 Å². The van der Waals surface area contributed by atoms with E-state index in [2.05, 4.69) is 75.6 Å². The number of halogens is 3. The first-order valence-corrected chi connectivity index (χ1v) is 8.02. The summed E-state index contributed by atoms with van der Waals surface area (Å²) >= 11 is 5.10. The standard InChI is InChI=1S/AsH3O4.3ClH.3Cu/c2-1(3,4)5;;;;;;/h(H3,2,3,4,5);3*1H;;;/q;;;;3*+2/p-6. The molecular formula is AsCl3Cu3O4. The van der Waals surface area contributed by atoms with E-state index in [-0.39, 0.29) is 0 Å². The van der Waals surface area contributed by atoms with E-state index in [1.54, 1.807) is 0 Å². The van der Waals surface area contributed by atoms with Crippen LogP contribution in [-0.2, 0) is 49.0 Å². The van der Waals surface area contributed by atoms with Gasteiger partial charge in [-0.3, -0.25) is 0 Å². The van der Waals surface area contributed by atoms with Crippen LogP contribution in [0, 0.1) is 0 Å². The second kappa shape index (κ2) is 23.0. The van der Waals surface area contributed by atoms with Crippen molar-refractivity contribution in [3.63, 3.8) is 0 Å². The Kier molecular flexibility index (Phi) is 49.0. The van der Waals surface area contributed by atoms with Gasteiger partial charge in [-0.15, -0.1) is 0 Å². The fourth-order valence-corrected chi connectivity index (χ4v) is 0. The second-order valence-corrected chi connectivity index (χ2v) is 2.32. The molecule has 11 heavy (non-hydrogen) atoms. The van der Waals surface area contributed by atoms with E-state index in [4.69, 9.17) is 16.0 Å². The van der Waals surface area contributed by atoms with Gasteiger partial charge < -0.3 is 0 Å². The van der Waals surface area contributed by atoms with Crippen molar-refractivity contribution < 1.29 is 61.3 Å². The van der Waals surface area contributed by atoms with Gasteiger partial charge in [0.25, 0.3) is 0 Å². The van der Waals surface area contributed by atoms with Crippen molar-refractivity contribution in [2.75, 3.05) is 0 Å². The molecule has 4 nitrogen and oxygen atoms in total. The predicted octanol–water partition coefficient (Wildman–Crippen LogP) is -2.01. The Bertz CT molecular complexity index is 66.7. The minimum atomic E-state index is -5.88. The average molecular weight is 436 g/mol. The molecule has 0 aromatic rings. The summed E-state index contributed by atoms with van der Waals surface area (Å²) in [4.78, 5) is 0. The SMILES string of the molecule is O=[As]([O-])([O-])[O-].[Cl][Cu+].[Cl][Cu+].[Cl][Cu+]. The molecule has 0 amide bonds. The zero-order valence-corrected chi connectivity index (χ0v) is 11.1. The second-order valence-electron chi connectivity index (χ2n) is 0.447. The third kappa shape index (κ3) is 203. The molecule has 0 aliphatic carbocycles. The van der Waals surface area contributed by atoms with Gasteiger partial charge in [0.2, 0.25) is 0 Å². The zero-order chi connectivity index (χ0) is 10.5. The van der Waals surface area contributed by atoms with Crippen molar-refractivity contribution >= 4 is 44.8 Å². The Morgan fingerprint density at radius 1 is 0.818 bits per heavy atom. The summed E-state index contributed by atoms with van der Waals surface area (Å²) < 4.78 is 34.4. The van der Waals surface area contributed by atoms with Crippen LogP contribution < -0.4 is 12.3 Å². The molecule has 0 saturated carbocycles. The zero-order valence-electron chi connectivity index (χ0n) is 4.12. The summed E-state index contributed by atoms with van der Waals surface area (Å²) in [5.41, 5.74) is 0. The van der Waals surface area contributed by atoms with Crippen LogP contribution in [0.4, 0.5) is 0 Å². The molecule has 0 aliphatic rings. The quantitative estimate of drug-likeness (QED) is 0.412. The number of hydrogen-bond donors (Lipinski definition) is 0. The van der Waals surface area contributed by atoms with Crippen LogP contribution in [0.5, 0.6) is 0 Å². The van der Waals surface area contributed by atoms with Gasteiger partial charge >= 0.3 is 106 Å². The van der Waals surface area contributed by atoms with Crippen molar-refractivity contribution in [1.82, 2.24) is 0 Å². The molecule has 0 N–H and O–H groups in total. The van der Waals surface area contributed by atoms with Crippen molar-refractivity contribution in [3.05, 3.63) is 0 Å². The Balaban J connectivity index is -0.0000000350. The van der Waals surface area contributed by atoms with Gasteiger partial charge in [-0.1, -0.05) is 0 Å². The topological polar surface area (TPSA) is 86.2 Å². The summed E-state index contributed by atoms with van der Waals surface area (Å²) in [7, 11) is 12.6. The van der Waals surface area contributed by atoms with Crippen LogP contribution >= 0.6 is 30.3 Å². The molecule has 83 valence electrons. The van der Waals surface area contributed by atoms with Gasteiger partial charge in [0.1, 0.15) is 0 Å². The summed E-state index contributed by atoms with van der Waals surface area (Å²) in [5, 5.41) is 0. The number of rotatable bonds is 0. The van der Waals surface area contributed by atoms with E-state index in [1.807, 2.05) is 0 Å². The summed E-state index contributed by atoms with van der Waals surface area (Å²) in [6.07, 6.45) is 0.